The van der Waals surface area contributed by atoms with Crippen molar-refractivity contribution in [2.24, 2.45) is 17.3 Å². The third kappa shape index (κ3) is 2.71. The number of fused-ring (bicyclic) bond motifs is 1. The monoisotopic (exact) mass is 250 g/mol. The van der Waals surface area contributed by atoms with Gasteiger partial charge in [0.1, 0.15) is 0 Å². The Morgan fingerprint density at radius 3 is 2.83 bits per heavy atom. The second-order valence-corrected chi connectivity index (χ2v) is 6.68. The van der Waals surface area contributed by atoms with Crippen LogP contribution in [-0.2, 0) is 4.79 Å². The molecule has 3 rings (SSSR count). The fraction of sp³-hybridized carbons (Fsp3) is 0.933. The molecule has 1 heterocycles. The molecule has 1 saturated heterocycles. The lowest BCUT2D eigenvalue weighted by Crippen LogP contribution is -2.35. The van der Waals surface area contributed by atoms with Crippen LogP contribution in [0.2, 0.25) is 0 Å². The molecule has 1 amide bonds. The van der Waals surface area contributed by atoms with Crippen LogP contribution in [-0.4, -0.2) is 25.5 Å². The zero-order valence-electron chi connectivity index (χ0n) is 11.3. The number of rotatable bonds is 4. The molecule has 2 atom stereocenters. The van der Waals surface area contributed by atoms with Crippen molar-refractivity contribution in [3.63, 3.8) is 0 Å². The minimum atomic E-state index is 0.299. The molecule has 18 heavy (non-hydrogen) atoms. The molecule has 2 N–H and O–H groups in total. The molecule has 0 aromatic rings. The average Bonchev–Trinajstić information content (AvgIpc) is 3.12. The zero-order valence-corrected chi connectivity index (χ0v) is 11.3. The van der Waals surface area contributed by atoms with Crippen LogP contribution in [0.3, 0.4) is 0 Å². The quantitative estimate of drug-likeness (QED) is 0.802. The van der Waals surface area contributed by atoms with Crippen molar-refractivity contribution in [2.75, 3.05) is 19.6 Å². The SMILES string of the molecule is O=C(CC1CCNCC1)NCC12CCCCC1C2. The van der Waals surface area contributed by atoms with E-state index in [1.807, 2.05) is 0 Å². The Bertz CT molecular complexity index is 312. The topological polar surface area (TPSA) is 41.1 Å². The molecule has 3 nitrogen and oxygen atoms in total. The fourth-order valence-corrected chi connectivity index (χ4v) is 4.01. The minimum Gasteiger partial charge on any atom is -0.356 e. The smallest absolute Gasteiger partial charge is 0.220 e. The highest BCUT2D eigenvalue weighted by Gasteiger charge is 2.54. The van der Waals surface area contributed by atoms with Gasteiger partial charge in [-0.05, 0) is 62.4 Å². The molecule has 3 fully saturated rings. The summed E-state index contributed by atoms with van der Waals surface area (Å²) in [5, 5.41) is 6.58. The first kappa shape index (κ1) is 12.5. The standard InChI is InChI=1S/C15H26N2O/c18-14(9-12-4-7-16-8-5-12)17-11-15-6-2-1-3-13(15)10-15/h12-13,16H,1-11H2,(H,17,18). The third-order valence-corrected chi connectivity index (χ3v) is 5.41. The largest absolute Gasteiger partial charge is 0.356 e. The maximum absolute atomic E-state index is 12.0. The van der Waals surface area contributed by atoms with Crippen LogP contribution in [0, 0.1) is 17.3 Å². The molecule has 0 aromatic heterocycles. The van der Waals surface area contributed by atoms with Crippen LogP contribution in [0.4, 0.5) is 0 Å². The molecule has 2 saturated carbocycles. The van der Waals surface area contributed by atoms with Gasteiger partial charge in [-0.3, -0.25) is 4.79 Å². The normalized spacial score (nSPS) is 35.9. The van der Waals surface area contributed by atoms with Crippen molar-refractivity contribution in [1.82, 2.24) is 10.6 Å². The van der Waals surface area contributed by atoms with E-state index in [9.17, 15) is 4.79 Å². The fourth-order valence-electron chi connectivity index (χ4n) is 4.01. The lowest BCUT2D eigenvalue weighted by molar-refractivity contribution is -0.122. The maximum atomic E-state index is 12.0. The van der Waals surface area contributed by atoms with E-state index in [-0.39, 0.29) is 0 Å². The molecule has 3 heteroatoms. The number of piperidine rings is 1. The number of carbonyl (C=O) groups is 1. The number of nitrogens with one attached hydrogen (secondary N) is 2. The summed E-state index contributed by atoms with van der Waals surface area (Å²) in [6.07, 6.45) is 10.0. The van der Waals surface area contributed by atoms with E-state index in [2.05, 4.69) is 10.6 Å². The summed E-state index contributed by atoms with van der Waals surface area (Å²) in [7, 11) is 0. The van der Waals surface area contributed by atoms with Gasteiger partial charge in [0.2, 0.25) is 5.91 Å². The molecule has 0 radical (unpaired) electrons. The highest BCUT2D eigenvalue weighted by molar-refractivity contribution is 5.76. The van der Waals surface area contributed by atoms with Gasteiger partial charge in [0.15, 0.2) is 0 Å². The van der Waals surface area contributed by atoms with Crippen LogP contribution < -0.4 is 10.6 Å². The zero-order chi connectivity index (χ0) is 12.4. The van der Waals surface area contributed by atoms with E-state index in [0.717, 1.165) is 32.0 Å². The van der Waals surface area contributed by atoms with E-state index < -0.39 is 0 Å². The summed E-state index contributed by atoms with van der Waals surface area (Å²) >= 11 is 0. The molecule has 2 unspecified atom stereocenters. The Balaban J connectivity index is 1.39. The van der Waals surface area contributed by atoms with Gasteiger partial charge in [-0.1, -0.05) is 12.8 Å². The average molecular weight is 250 g/mol. The summed E-state index contributed by atoms with van der Waals surface area (Å²) in [6, 6.07) is 0. The second kappa shape index (κ2) is 5.20. The highest BCUT2D eigenvalue weighted by Crippen LogP contribution is 2.60. The van der Waals surface area contributed by atoms with Crippen LogP contribution in [0.25, 0.3) is 0 Å². The number of amides is 1. The van der Waals surface area contributed by atoms with Gasteiger partial charge in [-0.25, -0.2) is 0 Å². The van der Waals surface area contributed by atoms with Gasteiger partial charge in [-0.15, -0.1) is 0 Å². The summed E-state index contributed by atoms with van der Waals surface area (Å²) < 4.78 is 0. The third-order valence-electron chi connectivity index (χ3n) is 5.41. The van der Waals surface area contributed by atoms with Gasteiger partial charge in [0.25, 0.3) is 0 Å². The Kier molecular flexibility index (Phi) is 3.60. The van der Waals surface area contributed by atoms with Crippen LogP contribution in [0.5, 0.6) is 0 Å². The summed E-state index contributed by atoms with van der Waals surface area (Å²) in [5.74, 6) is 1.85. The summed E-state index contributed by atoms with van der Waals surface area (Å²) in [4.78, 5) is 12.0. The second-order valence-electron chi connectivity index (χ2n) is 6.68. The van der Waals surface area contributed by atoms with Gasteiger partial charge >= 0.3 is 0 Å². The molecule has 1 aliphatic heterocycles. The molecule has 102 valence electrons. The summed E-state index contributed by atoms with van der Waals surface area (Å²) in [5.41, 5.74) is 0.530. The Morgan fingerprint density at radius 1 is 1.22 bits per heavy atom. The van der Waals surface area contributed by atoms with Crippen LogP contribution in [0.1, 0.15) is 51.4 Å². The van der Waals surface area contributed by atoms with E-state index in [0.29, 0.717) is 17.2 Å². The predicted octanol–water partition coefficient (Wildman–Crippen LogP) is 2.07. The van der Waals surface area contributed by atoms with Crippen molar-refractivity contribution < 1.29 is 4.79 Å². The van der Waals surface area contributed by atoms with Crippen molar-refractivity contribution in [3.05, 3.63) is 0 Å². The Labute approximate surface area is 110 Å². The van der Waals surface area contributed by atoms with Crippen LogP contribution >= 0.6 is 0 Å². The molecule has 0 spiro atoms. The van der Waals surface area contributed by atoms with Gasteiger partial charge in [0, 0.05) is 13.0 Å². The molecule has 0 bridgehead atoms. The molecular formula is C15H26N2O. The van der Waals surface area contributed by atoms with Gasteiger partial charge in [0.05, 0.1) is 0 Å². The first-order valence-electron chi connectivity index (χ1n) is 7.76. The lowest BCUT2D eigenvalue weighted by Gasteiger charge is -2.24. The number of carbonyl (C=O) groups excluding carboxylic acids is 1. The van der Waals surface area contributed by atoms with Gasteiger partial charge < -0.3 is 10.6 Å². The Hall–Kier alpha value is -0.570. The minimum absolute atomic E-state index is 0.299. The first-order chi connectivity index (χ1) is 8.78. The van der Waals surface area contributed by atoms with E-state index in [1.165, 1.54) is 44.9 Å². The van der Waals surface area contributed by atoms with Crippen molar-refractivity contribution in [1.29, 1.82) is 0 Å². The summed E-state index contributed by atoms with van der Waals surface area (Å²) in [6.45, 7) is 3.13. The lowest BCUT2D eigenvalue weighted by atomic mass is 9.88. The number of hydrogen-bond donors (Lipinski definition) is 2. The van der Waals surface area contributed by atoms with E-state index in [1.54, 1.807) is 0 Å². The van der Waals surface area contributed by atoms with Crippen molar-refractivity contribution in [3.8, 4) is 0 Å². The van der Waals surface area contributed by atoms with E-state index >= 15 is 0 Å². The maximum Gasteiger partial charge on any atom is 0.220 e. The van der Waals surface area contributed by atoms with E-state index in [4.69, 9.17) is 0 Å². The molecular weight excluding hydrogens is 224 g/mol. The predicted molar refractivity (Wildman–Crippen MR) is 72.2 cm³/mol. The number of hydrogen-bond acceptors (Lipinski definition) is 2. The highest BCUT2D eigenvalue weighted by atomic mass is 16.1. The molecule has 2 aliphatic carbocycles. The van der Waals surface area contributed by atoms with Crippen molar-refractivity contribution >= 4 is 5.91 Å². The molecule has 3 aliphatic rings. The first-order valence-corrected chi connectivity index (χ1v) is 7.76. The van der Waals surface area contributed by atoms with Crippen LogP contribution in [0.15, 0.2) is 0 Å². The van der Waals surface area contributed by atoms with Crippen molar-refractivity contribution in [2.45, 2.75) is 51.4 Å². The van der Waals surface area contributed by atoms with Gasteiger partial charge in [-0.2, -0.15) is 0 Å². The Morgan fingerprint density at radius 2 is 2.06 bits per heavy atom. The molecule has 0 aromatic carbocycles.